The predicted molar refractivity (Wildman–Crippen MR) is 91.7 cm³/mol. The van der Waals surface area contributed by atoms with Gasteiger partial charge in [0.15, 0.2) is 6.61 Å². The Balaban J connectivity index is 1.92. The van der Waals surface area contributed by atoms with E-state index in [1.165, 1.54) is 12.1 Å². The van der Waals surface area contributed by atoms with Crippen molar-refractivity contribution in [3.05, 3.63) is 64.1 Å². The number of carboxylic acid groups (broad SMARTS) is 1. The summed E-state index contributed by atoms with van der Waals surface area (Å²) in [6.45, 7) is -0.347. The smallest absolute Gasteiger partial charge is 0.326 e. The highest BCUT2D eigenvalue weighted by atomic mass is 35.5. The van der Waals surface area contributed by atoms with Gasteiger partial charge in [0.2, 0.25) is 0 Å². The molecule has 2 aromatic rings. The van der Waals surface area contributed by atoms with Gasteiger partial charge in [-0.15, -0.1) is 0 Å². The van der Waals surface area contributed by atoms with Gasteiger partial charge in [-0.2, -0.15) is 0 Å². The zero-order valence-corrected chi connectivity index (χ0v) is 14.1. The quantitative estimate of drug-likeness (QED) is 0.787. The van der Waals surface area contributed by atoms with E-state index in [0.29, 0.717) is 10.8 Å². The van der Waals surface area contributed by atoms with Crippen LogP contribution < -0.4 is 10.1 Å². The molecule has 1 amide bonds. The Bertz CT molecular complexity index is 722. The number of halogens is 2. The molecule has 2 rings (SSSR count). The highest BCUT2D eigenvalue weighted by molar-refractivity contribution is 6.35. The van der Waals surface area contributed by atoms with Crippen molar-refractivity contribution in [1.82, 2.24) is 5.32 Å². The van der Waals surface area contributed by atoms with Crippen LogP contribution in [0.5, 0.6) is 5.75 Å². The monoisotopic (exact) mass is 367 g/mol. The number of carbonyl (C=O) groups excluding carboxylic acids is 1. The van der Waals surface area contributed by atoms with E-state index in [1.807, 2.05) is 18.2 Å². The molecule has 5 nitrogen and oxygen atoms in total. The molecule has 0 heterocycles. The minimum atomic E-state index is -1.11. The molecule has 0 aliphatic carbocycles. The fourth-order valence-electron chi connectivity index (χ4n) is 2.02. The maximum absolute atomic E-state index is 11.9. The molecule has 0 aromatic heterocycles. The Hall–Kier alpha value is -2.24. The molecule has 0 unspecified atom stereocenters. The molecule has 7 heteroatoms. The predicted octanol–water partition coefficient (Wildman–Crippen LogP) is 3.18. The van der Waals surface area contributed by atoms with Crippen LogP contribution in [0.3, 0.4) is 0 Å². The van der Waals surface area contributed by atoms with Crippen molar-refractivity contribution < 1.29 is 19.4 Å². The van der Waals surface area contributed by atoms with Gasteiger partial charge >= 0.3 is 5.97 Å². The average molecular weight is 368 g/mol. The van der Waals surface area contributed by atoms with Gasteiger partial charge in [-0.25, -0.2) is 4.79 Å². The van der Waals surface area contributed by atoms with Crippen molar-refractivity contribution in [3.8, 4) is 5.75 Å². The van der Waals surface area contributed by atoms with Crippen molar-refractivity contribution >= 4 is 35.1 Å². The summed E-state index contributed by atoms with van der Waals surface area (Å²) >= 11 is 11.7. The number of benzene rings is 2. The Morgan fingerprint density at radius 2 is 1.83 bits per heavy atom. The highest BCUT2D eigenvalue weighted by Crippen LogP contribution is 2.27. The number of carboxylic acids is 1. The minimum absolute atomic E-state index is 0.184. The molecule has 24 heavy (non-hydrogen) atoms. The standard InChI is InChI=1S/C17H15Cl2NO4/c18-12-6-7-15(13(19)9-12)24-10-16(21)20-14(17(22)23)8-11-4-2-1-3-5-11/h1-7,9,14H,8,10H2,(H,20,21)(H,22,23)/t14-/m1/s1. The summed E-state index contributed by atoms with van der Waals surface area (Å²) in [4.78, 5) is 23.2. The molecule has 0 saturated carbocycles. The molecule has 0 fully saturated rings. The van der Waals surface area contributed by atoms with E-state index in [-0.39, 0.29) is 18.1 Å². The van der Waals surface area contributed by atoms with Gasteiger partial charge in [-0.3, -0.25) is 4.79 Å². The second-order valence-corrected chi connectivity index (χ2v) is 5.86. The third-order valence-corrected chi connectivity index (χ3v) is 3.70. The Kier molecular flexibility index (Phi) is 6.46. The van der Waals surface area contributed by atoms with E-state index < -0.39 is 17.9 Å². The van der Waals surface area contributed by atoms with Crippen LogP contribution in [-0.4, -0.2) is 29.6 Å². The van der Waals surface area contributed by atoms with E-state index >= 15 is 0 Å². The van der Waals surface area contributed by atoms with E-state index in [0.717, 1.165) is 5.56 Å². The van der Waals surface area contributed by atoms with Crippen molar-refractivity contribution in [2.45, 2.75) is 12.5 Å². The van der Waals surface area contributed by atoms with Crippen LogP contribution in [0.2, 0.25) is 10.0 Å². The molecule has 0 aliphatic rings. The van der Waals surface area contributed by atoms with E-state index in [1.54, 1.807) is 18.2 Å². The zero-order chi connectivity index (χ0) is 17.5. The Morgan fingerprint density at radius 3 is 2.46 bits per heavy atom. The van der Waals surface area contributed by atoms with Crippen molar-refractivity contribution in [2.24, 2.45) is 0 Å². The molecule has 0 bridgehead atoms. The first-order valence-electron chi connectivity index (χ1n) is 7.09. The second-order valence-electron chi connectivity index (χ2n) is 5.01. The summed E-state index contributed by atoms with van der Waals surface area (Å²) in [7, 11) is 0. The van der Waals surface area contributed by atoms with Gasteiger partial charge in [0.25, 0.3) is 5.91 Å². The van der Waals surface area contributed by atoms with E-state index in [4.69, 9.17) is 27.9 Å². The van der Waals surface area contributed by atoms with E-state index in [9.17, 15) is 14.7 Å². The van der Waals surface area contributed by atoms with Crippen molar-refractivity contribution in [3.63, 3.8) is 0 Å². The van der Waals surface area contributed by atoms with Crippen LogP contribution in [0.15, 0.2) is 48.5 Å². The average Bonchev–Trinajstić information content (AvgIpc) is 2.54. The number of aliphatic carboxylic acids is 1. The number of hydrogen-bond donors (Lipinski definition) is 2. The van der Waals surface area contributed by atoms with Crippen molar-refractivity contribution in [1.29, 1.82) is 0 Å². The molecule has 126 valence electrons. The second kappa shape index (κ2) is 8.57. The third-order valence-electron chi connectivity index (χ3n) is 3.17. The number of rotatable bonds is 7. The van der Waals surface area contributed by atoms with Crippen molar-refractivity contribution in [2.75, 3.05) is 6.61 Å². The number of amides is 1. The number of ether oxygens (including phenoxy) is 1. The summed E-state index contributed by atoms with van der Waals surface area (Å²) in [5.74, 6) is -1.37. The summed E-state index contributed by atoms with van der Waals surface area (Å²) < 4.78 is 5.29. The third kappa shape index (κ3) is 5.44. The molecule has 0 spiro atoms. The largest absolute Gasteiger partial charge is 0.482 e. The van der Waals surface area contributed by atoms with Crippen LogP contribution >= 0.6 is 23.2 Å². The Morgan fingerprint density at radius 1 is 1.12 bits per heavy atom. The van der Waals surface area contributed by atoms with Gasteiger partial charge in [0.05, 0.1) is 5.02 Å². The highest BCUT2D eigenvalue weighted by Gasteiger charge is 2.20. The summed E-state index contributed by atoms with van der Waals surface area (Å²) in [5.41, 5.74) is 0.812. The Labute approximate surface area is 149 Å². The fourth-order valence-corrected chi connectivity index (χ4v) is 2.48. The lowest BCUT2D eigenvalue weighted by molar-refractivity contribution is -0.142. The number of hydrogen-bond acceptors (Lipinski definition) is 3. The van der Waals surface area contributed by atoms with Crippen LogP contribution in [-0.2, 0) is 16.0 Å². The van der Waals surface area contributed by atoms with Gasteiger partial charge < -0.3 is 15.2 Å². The molecule has 0 radical (unpaired) electrons. The molecule has 2 aromatic carbocycles. The topological polar surface area (TPSA) is 75.6 Å². The number of nitrogens with one attached hydrogen (secondary N) is 1. The lowest BCUT2D eigenvalue weighted by atomic mass is 10.1. The van der Waals surface area contributed by atoms with Gasteiger partial charge in [0, 0.05) is 11.4 Å². The number of carbonyl (C=O) groups is 2. The first-order valence-corrected chi connectivity index (χ1v) is 7.85. The van der Waals surface area contributed by atoms with Gasteiger partial charge in [-0.1, -0.05) is 53.5 Å². The maximum Gasteiger partial charge on any atom is 0.326 e. The van der Waals surface area contributed by atoms with Gasteiger partial charge in [-0.05, 0) is 23.8 Å². The summed E-state index contributed by atoms with van der Waals surface area (Å²) in [5, 5.41) is 12.4. The molecule has 1 atom stereocenters. The van der Waals surface area contributed by atoms with E-state index in [2.05, 4.69) is 5.32 Å². The van der Waals surface area contributed by atoms with Crippen LogP contribution in [0.4, 0.5) is 0 Å². The normalized spacial score (nSPS) is 11.6. The summed E-state index contributed by atoms with van der Waals surface area (Å²) in [6, 6.07) is 12.6. The zero-order valence-electron chi connectivity index (χ0n) is 12.5. The minimum Gasteiger partial charge on any atom is -0.482 e. The van der Waals surface area contributed by atoms with Gasteiger partial charge in [0.1, 0.15) is 11.8 Å². The van der Waals surface area contributed by atoms with Crippen LogP contribution in [0.1, 0.15) is 5.56 Å². The van der Waals surface area contributed by atoms with Crippen LogP contribution in [0.25, 0.3) is 0 Å². The molecular weight excluding hydrogens is 353 g/mol. The SMILES string of the molecule is O=C(COc1ccc(Cl)cc1Cl)N[C@H](Cc1ccccc1)C(=O)O. The first kappa shape index (κ1) is 18.1. The van der Waals surface area contributed by atoms with Crippen LogP contribution in [0, 0.1) is 0 Å². The lowest BCUT2D eigenvalue weighted by Crippen LogP contribution is -2.44. The fraction of sp³-hybridized carbons (Fsp3) is 0.176. The molecule has 0 saturated heterocycles. The molecule has 2 N–H and O–H groups in total. The maximum atomic E-state index is 11.9. The summed E-state index contributed by atoms with van der Waals surface area (Å²) in [6.07, 6.45) is 0.184. The molecule has 0 aliphatic heterocycles. The lowest BCUT2D eigenvalue weighted by Gasteiger charge is -2.15. The first-order chi connectivity index (χ1) is 11.5. The molecular formula is C17H15Cl2NO4.